The van der Waals surface area contributed by atoms with Crippen LogP contribution in [-0.2, 0) is 11.8 Å². The molecule has 1 saturated heterocycles. The molecule has 28 heavy (non-hydrogen) atoms. The van der Waals surface area contributed by atoms with E-state index < -0.39 is 0 Å². The van der Waals surface area contributed by atoms with E-state index in [2.05, 4.69) is 21.7 Å². The maximum Gasteiger partial charge on any atom is 0.295 e. The van der Waals surface area contributed by atoms with Crippen molar-refractivity contribution >= 4 is 11.6 Å². The molecule has 150 valence electrons. The molecule has 1 N–H and O–H groups in total. The third-order valence-electron chi connectivity index (χ3n) is 5.14. The number of aromatic nitrogens is 2. The van der Waals surface area contributed by atoms with Gasteiger partial charge in [0.1, 0.15) is 5.69 Å². The van der Waals surface area contributed by atoms with Crippen molar-refractivity contribution in [1.29, 1.82) is 0 Å². The molecule has 1 amide bonds. The lowest BCUT2D eigenvalue weighted by Crippen LogP contribution is -2.49. The highest BCUT2D eigenvalue weighted by molar-refractivity contribution is 5.92. The van der Waals surface area contributed by atoms with Crippen LogP contribution in [0.15, 0.2) is 47.3 Å². The minimum absolute atomic E-state index is 0.153. The second-order valence-corrected chi connectivity index (χ2v) is 7.49. The van der Waals surface area contributed by atoms with Crippen molar-refractivity contribution in [3.8, 4) is 5.69 Å². The van der Waals surface area contributed by atoms with Crippen molar-refractivity contribution in [3.05, 3.63) is 58.5 Å². The largest absolute Gasteiger partial charge is 0.319 e. The number of hydrogen-bond donors (Lipinski definition) is 1. The van der Waals surface area contributed by atoms with Gasteiger partial charge in [0, 0.05) is 39.8 Å². The molecular weight excluding hydrogens is 354 g/mol. The quantitative estimate of drug-likeness (QED) is 0.770. The van der Waals surface area contributed by atoms with E-state index in [1.807, 2.05) is 51.2 Å². The molecule has 0 saturated carbocycles. The summed E-state index contributed by atoms with van der Waals surface area (Å²) in [5.74, 6) is -0.153. The van der Waals surface area contributed by atoms with Crippen LogP contribution < -0.4 is 10.9 Å². The molecule has 7 heteroatoms. The molecule has 7 nitrogen and oxygen atoms in total. The van der Waals surface area contributed by atoms with E-state index in [4.69, 9.17) is 0 Å². The van der Waals surface area contributed by atoms with E-state index in [0.717, 1.165) is 49.7 Å². The summed E-state index contributed by atoms with van der Waals surface area (Å²) >= 11 is 0. The molecule has 0 atom stereocenters. The lowest BCUT2D eigenvalue weighted by atomic mass is 10.2. The fraction of sp³-hybridized carbons (Fsp3) is 0.429. The van der Waals surface area contributed by atoms with Crippen LogP contribution in [0, 0.1) is 6.92 Å². The van der Waals surface area contributed by atoms with Gasteiger partial charge in [0.2, 0.25) is 5.91 Å². The van der Waals surface area contributed by atoms with Crippen LogP contribution in [0.25, 0.3) is 5.69 Å². The minimum atomic E-state index is -0.217. The van der Waals surface area contributed by atoms with Gasteiger partial charge in [0.25, 0.3) is 5.56 Å². The molecule has 1 aromatic heterocycles. The van der Waals surface area contributed by atoms with Crippen LogP contribution in [0.2, 0.25) is 0 Å². The average Bonchev–Trinajstić information content (AvgIpc) is 2.87. The van der Waals surface area contributed by atoms with Crippen LogP contribution in [0.5, 0.6) is 0 Å². The second-order valence-electron chi connectivity index (χ2n) is 7.49. The molecule has 0 radical (unpaired) electrons. The highest BCUT2D eigenvalue weighted by Crippen LogP contribution is 2.14. The van der Waals surface area contributed by atoms with Gasteiger partial charge in [-0.3, -0.25) is 24.1 Å². The monoisotopic (exact) mass is 383 g/mol. The fourth-order valence-electron chi connectivity index (χ4n) is 3.58. The van der Waals surface area contributed by atoms with Crippen LogP contribution >= 0.6 is 0 Å². The first-order chi connectivity index (χ1) is 13.4. The lowest BCUT2D eigenvalue weighted by molar-refractivity contribution is -0.117. The summed E-state index contributed by atoms with van der Waals surface area (Å²) in [6.07, 6.45) is 0. The molecule has 1 aliphatic rings. The zero-order valence-corrected chi connectivity index (χ0v) is 16.9. The molecule has 1 aliphatic heterocycles. The maximum atomic E-state index is 12.9. The van der Waals surface area contributed by atoms with Gasteiger partial charge in [-0.15, -0.1) is 0 Å². The summed E-state index contributed by atoms with van der Waals surface area (Å²) < 4.78 is 3.34. The molecule has 0 spiro atoms. The van der Waals surface area contributed by atoms with Crippen LogP contribution in [0.1, 0.15) is 12.6 Å². The first-order valence-electron chi connectivity index (χ1n) is 9.59. The molecule has 1 fully saturated rings. The first kappa shape index (κ1) is 20.1. The van der Waals surface area contributed by atoms with E-state index in [1.165, 1.54) is 0 Å². The van der Waals surface area contributed by atoms with Gasteiger partial charge < -0.3 is 5.32 Å². The Balaban J connectivity index is 1.65. The van der Waals surface area contributed by atoms with E-state index in [0.29, 0.717) is 12.2 Å². The number of hydrogen-bond acceptors (Lipinski definition) is 4. The molecular formula is C21H29N5O2. The smallest absolute Gasteiger partial charge is 0.295 e. The number of para-hydroxylation sites is 1. The van der Waals surface area contributed by atoms with Gasteiger partial charge in [-0.05, 0) is 26.0 Å². The summed E-state index contributed by atoms with van der Waals surface area (Å²) in [7, 11) is 1.82. The highest BCUT2D eigenvalue weighted by Gasteiger charge is 2.21. The predicted molar refractivity (Wildman–Crippen MR) is 112 cm³/mol. The Morgan fingerprint density at radius 3 is 2.21 bits per heavy atom. The van der Waals surface area contributed by atoms with Gasteiger partial charge in [-0.2, -0.15) is 0 Å². The van der Waals surface area contributed by atoms with Gasteiger partial charge in [-0.1, -0.05) is 30.4 Å². The average molecular weight is 383 g/mol. The second kappa shape index (κ2) is 8.58. The number of amides is 1. The normalized spacial score (nSPS) is 15.5. The van der Waals surface area contributed by atoms with Gasteiger partial charge >= 0.3 is 0 Å². The Morgan fingerprint density at radius 2 is 1.64 bits per heavy atom. The zero-order chi connectivity index (χ0) is 20.3. The Kier molecular flexibility index (Phi) is 6.16. The van der Waals surface area contributed by atoms with Crippen molar-refractivity contribution in [2.45, 2.75) is 13.8 Å². The standard InChI is InChI=1S/C21H29N5O2/c1-16(2)14-24-10-12-25(13-11-24)15-19(27)22-20-17(3)23(4)26(21(20)28)18-8-6-5-7-9-18/h5-9H,1,10-15H2,2-4H3,(H,22,27). The Hall–Kier alpha value is -2.64. The number of nitrogens with one attached hydrogen (secondary N) is 1. The van der Waals surface area contributed by atoms with Crippen molar-refractivity contribution < 1.29 is 4.79 Å². The van der Waals surface area contributed by atoms with Gasteiger partial charge in [-0.25, -0.2) is 4.68 Å². The molecule has 2 aromatic rings. The van der Waals surface area contributed by atoms with Crippen molar-refractivity contribution in [2.24, 2.45) is 7.05 Å². The molecule has 0 unspecified atom stereocenters. The maximum absolute atomic E-state index is 12.9. The van der Waals surface area contributed by atoms with Crippen molar-refractivity contribution in [2.75, 3.05) is 44.6 Å². The number of benzene rings is 1. The first-order valence-corrected chi connectivity index (χ1v) is 9.59. The molecule has 1 aromatic carbocycles. The van der Waals surface area contributed by atoms with Crippen LogP contribution in [0.3, 0.4) is 0 Å². The van der Waals surface area contributed by atoms with E-state index in [-0.39, 0.29) is 11.5 Å². The number of carbonyl (C=O) groups is 1. The van der Waals surface area contributed by atoms with E-state index in [9.17, 15) is 9.59 Å². The third kappa shape index (κ3) is 4.43. The summed E-state index contributed by atoms with van der Waals surface area (Å²) in [6, 6.07) is 9.42. The predicted octanol–water partition coefficient (Wildman–Crippen LogP) is 1.62. The number of rotatable bonds is 6. The third-order valence-corrected chi connectivity index (χ3v) is 5.14. The van der Waals surface area contributed by atoms with Crippen LogP contribution in [0.4, 0.5) is 5.69 Å². The Morgan fingerprint density at radius 1 is 1.07 bits per heavy atom. The number of nitrogens with zero attached hydrogens (tertiary/aromatic N) is 4. The van der Waals surface area contributed by atoms with Crippen LogP contribution in [-0.4, -0.2) is 64.3 Å². The highest BCUT2D eigenvalue weighted by atomic mass is 16.2. The van der Waals surface area contributed by atoms with Gasteiger partial charge in [0.15, 0.2) is 0 Å². The summed E-state index contributed by atoms with van der Waals surface area (Å²) in [5.41, 5.74) is 2.78. The lowest BCUT2D eigenvalue weighted by Gasteiger charge is -2.34. The molecule has 0 bridgehead atoms. The van der Waals surface area contributed by atoms with Crippen molar-refractivity contribution in [3.63, 3.8) is 0 Å². The number of anilines is 1. The molecule has 2 heterocycles. The zero-order valence-electron chi connectivity index (χ0n) is 16.9. The topological polar surface area (TPSA) is 62.5 Å². The summed E-state index contributed by atoms with van der Waals surface area (Å²) in [5, 5.41) is 2.84. The SMILES string of the molecule is C=C(C)CN1CCN(CC(=O)Nc2c(C)n(C)n(-c3ccccc3)c2=O)CC1. The minimum Gasteiger partial charge on any atom is -0.319 e. The van der Waals surface area contributed by atoms with Crippen molar-refractivity contribution in [1.82, 2.24) is 19.2 Å². The summed E-state index contributed by atoms with van der Waals surface area (Å²) in [6.45, 7) is 12.5. The Labute approximate surface area is 165 Å². The van der Waals surface area contributed by atoms with E-state index in [1.54, 1.807) is 9.36 Å². The summed E-state index contributed by atoms with van der Waals surface area (Å²) in [4.78, 5) is 29.9. The number of piperazine rings is 1. The molecule has 0 aliphatic carbocycles. The Bertz CT molecular complexity index is 905. The van der Waals surface area contributed by atoms with E-state index >= 15 is 0 Å². The molecule has 3 rings (SSSR count). The van der Waals surface area contributed by atoms with Gasteiger partial charge in [0.05, 0.1) is 17.9 Å². The fourth-order valence-corrected chi connectivity index (χ4v) is 3.58. The number of carbonyl (C=O) groups excluding carboxylic acids is 1.